The van der Waals surface area contributed by atoms with Crippen molar-refractivity contribution in [3.05, 3.63) is 34.8 Å². The Hall–Kier alpha value is -1.54. The first-order valence-corrected chi connectivity index (χ1v) is 7.38. The number of hydrogen-bond acceptors (Lipinski definition) is 5. The molecule has 0 bridgehead atoms. The average Bonchev–Trinajstić information content (AvgIpc) is 2.78. The number of aryl methyl sites for hydroxylation is 1. The number of thioether (sulfide) groups is 1. The van der Waals surface area contributed by atoms with Crippen LogP contribution in [0.15, 0.2) is 22.5 Å². The summed E-state index contributed by atoms with van der Waals surface area (Å²) in [5.41, 5.74) is -0.0442. The molecule has 0 spiro atoms. The molecular weight excluding hydrogens is 304 g/mol. The second-order valence-electron chi connectivity index (χ2n) is 3.96. The molecule has 4 nitrogen and oxygen atoms in total. The van der Waals surface area contributed by atoms with Crippen LogP contribution >= 0.6 is 23.1 Å². The molecular formula is C12H11F2N3OS2. The fraction of sp³-hybridized carbons (Fsp3) is 0.250. The van der Waals surface area contributed by atoms with Crippen LogP contribution in [-0.4, -0.2) is 21.4 Å². The topological polar surface area (TPSA) is 54.9 Å². The van der Waals surface area contributed by atoms with Gasteiger partial charge in [-0.1, -0.05) is 23.1 Å². The monoisotopic (exact) mass is 315 g/mol. The molecule has 0 aliphatic carbocycles. The molecule has 106 valence electrons. The molecule has 0 aliphatic heterocycles. The number of halogens is 2. The van der Waals surface area contributed by atoms with Crippen molar-refractivity contribution >= 4 is 34.7 Å². The maximum Gasteiger partial charge on any atom is 0.237 e. The van der Waals surface area contributed by atoms with Crippen LogP contribution < -0.4 is 5.32 Å². The van der Waals surface area contributed by atoms with Gasteiger partial charge in [0.1, 0.15) is 16.6 Å². The van der Waals surface area contributed by atoms with Crippen molar-refractivity contribution in [1.29, 1.82) is 0 Å². The number of nitrogens with one attached hydrogen (secondary N) is 1. The van der Waals surface area contributed by atoms with Crippen LogP contribution in [0.25, 0.3) is 0 Å². The predicted octanol–water partition coefficient (Wildman–Crippen LogP) is 3.24. The van der Waals surface area contributed by atoms with Crippen LogP contribution in [0.4, 0.5) is 14.5 Å². The molecule has 0 radical (unpaired) electrons. The standard InChI is InChI=1S/C12H11F2N3OS2/c1-6(19-12-17-16-7(2)20-12)11(18)15-10-4-3-8(13)5-9(10)14/h3-6H,1-2H3,(H,15,18). The SMILES string of the molecule is Cc1nnc(SC(C)C(=O)Nc2ccc(F)cc2F)s1. The first kappa shape index (κ1) is 14.9. The lowest BCUT2D eigenvalue weighted by Gasteiger charge is -2.10. The van der Waals surface area contributed by atoms with Crippen LogP contribution in [-0.2, 0) is 4.79 Å². The van der Waals surface area contributed by atoms with Gasteiger partial charge < -0.3 is 5.32 Å². The molecule has 2 aromatic rings. The summed E-state index contributed by atoms with van der Waals surface area (Å²) in [5, 5.41) is 10.5. The molecule has 2 rings (SSSR count). The molecule has 20 heavy (non-hydrogen) atoms. The third kappa shape index (κ3) is 3.73. The Kier molecular flexibility index (Phi) is 4.66. The van der Waals surface area contributed by atoms with Crippen LogP contribution in [0.3, 0.4) is 0 Å². The number of aromatic nitrogens is 2. The third-order valence-corrected chi connectivity index (χ3v) is 4.37. The van der Waals surface area contributed by atoms with Gasteiger partial charge in [-0.05, 0) is 26.0 Å². The minimum absolute atomic E-state index is 0.0442. The van der Waals surface area contributed by atoms with Gasteiger partial charge in [0.05, 0.1) is 10.9 Å². The van der Waals surface area contributed by atoms with Crippen molar-refractivity contribution in [3.63, 3.8) is 0 Å². The molecule has 1 aromatic carbocycles. The quantitative estimate of drug-likeness (QED) is 0.880. The molecule has 1 aromatic heterocycles. The van der Waals surface area contributed by atoms with E-state index in [9.17, 15) is 13.6 Å². The Bertz CT molecular complexity index is 633. The Labute approximate surface area is 122 Å². The zero-order valence-corrected chi connectivity index (χ0v) is 12.3. The average molecular weight is 315 g/mol. The fourth-order valence-electron chi connectivity index (χ4n) is 1.36. The molecule has 1 N–H and O–H groups in total. The Morgan fingerprint density at radius 2 is 2.15 bits per heavy atom. The minimum atomic E-state index is -0.803. The summed E-state index contributed by atoms with van der Waals surface area (Å²) in [4.78, 5) is 11.9. The van der Waals surface area contributed by atoms with E-state index in [1.807, 2.05) is 6.92 Å². The molecule has 0 saturated heterocycles. The molecule has 1 heterocycles. The summed E-state index contributed by atoms with van der Waals surface area (Å²) in [6.45, 7) is 3.50. The van der Waals surface area contributed by atoms with Crippen molar-refractivity contribution in [3.8, 4) is 0 Å². The third-order valence-electron chi connectivity index (χ3n) is 2.34. The highest BCUT2D eigenvalue weighted by Gasteiger charge is 2.18. The second-order valence-corrected chi connectivity index (χ2v) is 6.73. The summed E-state index contributed by atoms with van der Waals surface area (Å²) in [5.74, 6) is -1.87. The number of carbonyl (C=O) groups is 1. The van der Waals surface area contributed by atoms with Crippen molar-refractivity contribution < 1.29 is 13.6 Å². The van der Waals surface area contributed by atoms with E-state index in [0.29, 0.717) is 4.34 Å². The van der Waals surface area contributed by atoms with E-state index in [2.05, 4.69) is 15.5 Å². The Morgan fingerprint density at radius 3 is 2.75 bits per heavy atom. The number of nitrogens with zero attached hydrogens (tertiary/aromatic N) is 2. The van der Waals surface area contributed by atoms with Gasteiger partial charge in [-0.15, -0.1) is 10.2 Å². The van der Waals surface area contributed by atoms with E-state index in [0.717, 1.165) is 17.1 Å². The van der Waals surface area contributed by atoms with Gasteiger partial charge in [-0.25, -0.2) is 8.78 Å². The maximum atomic E-state index is 13.4. The van der Waals surface area contributed by atoms with E-state index in [-0.39, 0.29) is 11.6 Å². The number of benzene rings is 1. The summed E-state index contributed by atoms with van der Waals surface area (Å²) in [6.07, 6.45) is 0. The highest BCUT2D eigenvalue weighted by Crippen LogP contribution is 2.27. The van der Waals surface area contributed by atoms with E-state index in [4.69, 9.17) is 0 Å². The van der Waals surface area contributed by atoms with Crippen LogP contribution in [0.1, 0.15) is 11.9 Å². The minimum Gasteiger partial charge on any atom is -0.323 e. The van der Waals surface area contributed by atoms with E-state index >= 15 is 0 Å². The van der Waals surface area contributed by atoms with E-state index in [1.54, 1.807) is 6.92 Å². The Balaban J connectivity index is 2.00. The van der Waals surface area contributed by atoms with Crippen molar-refractivity contribution in [2.24, 2.45) is 0 Å². The van der Waals surface area contributed by atoms with Crippen molar-refractivity contribution in [2.75, 3.05) is 5.32 Å². The van der Waals surface area contributed by atoms with Gasteiger partial charge in [0, 0.05) is 6.07 Å². The predicted molar refractivity (Wildman–Crippen MR) is 75.0 cm³/mol. The molecule has 0 saturated carbocycles. The lowest BCUT2D eigenvalue weighted by Crippen LogP contribution is -2.22. The largest absolute Gasteiger partial charge is 0.323 e. The van der Waals surface area contributed by atoms with E-state index in [1.165, 1.54) is 29.2 Å². The zero-order chi connectivity index (χ0) is 14.7. The highest BCUT2D eigenvalue weighted by atomic mass is 32.2. The number of hydrogen-bond donors (Lipinski definition) is 1. The summed E-state index contributed by atoms with van der Waals surface area (Å²) in [6, 6.07) is 3.00. The number of carbonyl (C=O) groups excluding carboxylic acids is 1. The van der Waals surface area contributed by atoms with Crippen LogP contribution in [0, 0.1) is 18.6 Å². The molecule has 1 atom stereocenters. The zero-order valence-electron chi connectivity index (χ0n) is 10.7. The normalized spacial score (nSPS) is 12.2. The summed E-state index contributed by atoms with van der Waals surface area (Å²) in [7, 11) is 0. The summed E-state index contributed by atoms with van der Waals surface area (Å²) >= 11 is 2.62. The van der Waals surface area contributed by atoms with Gasteiger partial charge in [0.2, 0.25) is 5.91 Å². The maximum absolute atomic E-state index is 13.4. The molecule has 0 fully saturated rings. The van der Waals surface area contributed by atoms with E-state index < -0.39 is 16.9 Å². The van der Waals surface area contributed by atoms with Crippen LogP contribution in [0.5, 0.6) is 0 Å². The number of amides is 1. The number of rotatable bonds is 4. The lowest BCUT2D eigenvalue weighted by molar-refractivity contribution is -0.115. The smallest absolute Gasteiger partial charge is 0.237 e. The van der Waals surface area contributed by atoms with Crippen LogP contribution in [0.2, 0.25) is 0 Å². The van der Waals surface area contributed by atoms with Gasteiger partial charge >= 0.3 is 0 Å². The first-order chi connectivity index (χ1) is 9.45. The molecule has 0 aliphatic rings. The molecule has 1 unspecified atom stereocenters. The van der Waals surface area contributed by atoms with Gasteiger partial charge in [0.25, 0.3) is 0 Å². The fourth-order valence-corrected chi connectivity index (χ4v) is 3.32. The van der Waals surface area contributed by atoms with Crippen molar-refractivity contribution in [1.82, 2.24) is 10.2 Å². The summed E-state index contributed by atoms with van der Waals surface area (Å²) < 4.78 is 26.9. The first-order valence-electron chi connectivity index (χ1n) is 5.68. The van der Waals surface area contributed by atoms with Gasteiger partial charge in [0.15, 0.2) is 4.34 Å². The Morgan fingerprint density at radius 1 is 1.40 bits per heavy atom. The molecule has 1 amide bonds. The van der Waals surface area contributed by atoms with Gasteiger partial charge in [-0.2, -0.15) is 0 Å². The highest BCUT2D eigenvalue weighted by molar-refractivity contribution is 8.02. The van der Waals surface area contributed by atoms with Crippen molar-refractivity contribution in [2.45, 2.75) is 23.4 Å². The number of anilines is 1. The van der Waals surface area contributed by atoms with Gasteiger partial charge in [-0.3, -0.25) is 4.79 Å². The second kappa shape index (κ2) is 6.27. The molecule has 8 heteroatoms. The lowest BCUT2D eigenvalue weighted by atomic mass is 10.3.